The minimum absolute atomic E-state index is 0.182. The van der Waals surface area contributed by atoms with Gasteiger partial charge < -0.3 is 0 Å². The molecule has 2 atom stereocenters. The van der Waals surface area contributed by atoms with Crippen LogP contribution < -0.4 is 0 Å². The van der Waals surface area contributed by atoms with Gasteiger partial charge in [-0.2, -0.15) is 5.10 Å². The first kappa shape index (κ1) is 12.7. The standard InChI is InChI=1S/C15H18ClN3/c16-15(13-7-3-1-4-8-13)10-6-2-5-9-14(15)19-12-17-11-18-19/h1,3-4,7-8,11-12,14H,2,5-6,9-10H2. The molecule has 2 unspecified atom stereocenters. The molecular weight excluding hydrogens is 258 g/mol. The van der Waals surface area contributed by atoms with Gasteiger partial charge in [-0.05, 0) is 18.4 Å². The number of aromatic nitrogens is 3. The van der Waals surface area contributed by atoms with Crippen molar-refractivity contribution in [1.29, 1.82) is 0 Å². The van der Waals surface area contributed by atoms with E-state index in [1.54, 1.807) is 12.7 Å². The molecule has 3 rings (SSSR count). The van der Waals surface area contributed by atoms with E-state index in [4.69, 9.17) is 11.6 Å². The minimum Gasteiger partial charge on any atom is -0.248 e. The van der Waals surface area contributed by atoms with Gasteiger partial charge in [0.25, 0.3) is 0 Å². The Labute approximate surface area is 118 Å². The number of hydrogen-bond acceptors (Lipinski definition) is 2. The van der Waals surface area contributed by atoms with Crippen LogP contribution in [0.5, 0.6) is 0 Å². The van der Waals surface area contributed by atoms with E-state index < -0.39 is 0 Å². The molecule has 0 amide bonds. The zero-order valence-corrected chi connectivity index (χ0v) is 11.6. The Balaban J connectivity index is 2.03. The quantitative estimate of drug-likeness (QED) is 0.614. The van der Waals surface area contributed by atoms with Crippen molar-refractivity contribution < 1.29 is 0 Å². The lowest BCUT2D eigenvalue weighted by molar-refractivity contribution is 0.320. The predicted octanol–water partition coefficient (Wildman–Crippen LogP) is 3.92. The lowest BCUT2D eigenvalue weighted by Gasteiger charge is -2.34. The van der Waals surface area contributed by atoms with Gasteiger partial charge >= 0.3 is 0 Å². The molecule has 1 aliphatic carbocycles. The van der Waals surface area contributed by atoms with E-state index in [1.807, 2.05) is 10.7 Å². The minimum atomic E-state index is -0.370. The molecule has 1 aromatic heterocycles. The molecule has 100 valence electrons. The molecule has 3 nitrogen and oxygen atoms in total. The predicted molar refractivity (Wildman–Crippen MR) is 76.1 cm³/mol. The third-order valence-corrected chi connectivity index (χ3v) is 4.72. The molecule has 0 saturated heterocycles. The van der Waals surface area contributed by atoms with E-state index in [9.17, 15) is 0 Å². The van der Waals surface area contributed by atoms with Gasteiger partial charge in [0, 0.05) is 0 Å². The van der Waals surface area contributed by atoms with Gasteiger partial charge in [0.1, 0.15) is 12.7 Å². The van der Waals surface area contributed by atoms with E-state index in [0.717, 1.165) is 12.8 Å². The molecule has 1 heterocycles. The average Bonchev–Trinajstić information content (AvgIpc) is 2.90. The van der Waals surface area contributed by atoms with E-state index >= 15 is 0 Å². The fraction of sp³-hybridized carbons (Fsp3) is 0.467. The van der Waals surface area contributed by atoms with Crippen molar-refractivity contribution in [2.45, 2.75) is 43.0 Å². The van der Waals surface area contributed by atoms with Gasteiger partial charge in [-0.1, -0.05) is 49.6 Å². The third kappa shape index (κ3) is 2.39. The second-order valence-corrected chi connectivity index (χ2v) is 5.89. The molecule has 4 heteroatoms. The van der Waals surface area contributed by atoms with E-state index in [2.05, 4.69) is 34.3 Å². The van der Waals surface area contributed by atoms with Crippen LogP contribution in [0.2, 0.25) is 0 Å². The van der Waals surface area contributed by atoms with Crippen LogP contribution >= 0.6 is 11.6 Å². The van der Waals surface area contributed by atoms with E-state index in [1.165, 1.54) is 24.8 Å². The monoisotopic (exact) mass is 275 g/mol. The van der Waals surface area contributed by atoms with Gasteiger partial charge in [0.15, 0.2) is 0 Å². The average molecular weight is 276 g/mol. The number of rotatable bonds is 2. The smallest absolute Gasteiger partial charge is 0.137 e. The van der Waals surface area contributed by atoms with Crippen LogP contribution in [0, 0.1) is 0 Å². The summed E-state index contributed by atoms with van der Waals surface area (Å²) in [6.45, 7) is 0. The van der Waals surface area contributed by atoms with Gasteiger partial charge in [-0.3, -0.25) is 0 Å². The number of hydrogen-bond donors (Lipinski definition) is 0. The molecule has 0 aliphatic heterocycles. The van der Waals surface area contributed by atoms with Gasteiger partial charge in [0.2, 0.25) is 0 Å². The lowest BCUT2D eigenvalue weighted by Crippen LogP contribution is -2.31. The normalized spacial score (nSPS) is 27.9. The number of halogens is 1. The summed E-state index contributed by atoms with van der Waals surface area (Å²) in [5.41, 5.74) is 1.19. The summed E-state index contributed by atoms with van der Waals surface area (Å²) in [6, 6.07) is 10.6. The van der Waals surface area contributed by atoms with Crippen LogP contribution in [0.4, 0.5) is 0 Å². The highest BCUT2D eigenvalue weighted by molar-refractivity contribution is 6.24. The van der Waals surface area contributed by atoms with Gasteiger partial charge in [0.05, 0.1) is 10.9 Å². The van der Waals surface area contributed by atoms with Crippen molar-refractivity contribution in [1.82, 2.24) is 14.8 Å². The van der Waals surface area contributed by atoms with Crippen molar-refractivity contribution in [2.75, 3.05) is 0 Å². The summed E-state index contributed by atoms with van der Waals surface area (Å²) >= 11 is 7.07. The first-order valence-corrected chi connectivity index (χ1v) is 7.27. The molecule has 19 heavy (non-hydrogen) atoms. The Morgan fingerprint density at radius 3 is 2.74 bits per heavy atom. The van der Waals surface area contributed by atoms with Crippen molar-refractivity contribution in [3.8, 4) is 0 Å². The Morgan fingerprint density at radius 2 is 2.00 bits per heavy atom. The summed E-state index contributed by atoms with van der Waals surface area (Å²) in [7, 11) is 0. The molecule has 1 fully saturated rings. The Morgan fingerprint density at radius 1 is 1.16 bits per heavy atom. The van der Waals surface area contributed by atoms with Crippen molar-refractivity contribution >= 4 is 11.6 Å². The maximum absolute atomic E-state index is 7.07. The first-order valence-electron chi connectivity index (χ1n) is 6.89. The van der Waals surface area contributed by atoms with E-state index in [-0.39, 0.29) is 10.9 Å². The highest BCUT2D eigenvalue weighted by Gasteiger charge is 2.40. The van der Waals surface area contributed by atoms with Crippen LogP contribution in [0.25, 0.3) is 0 Å². The Bertz CT molecular complexity index is 511. The van der Waals surface area contributed by atoms with Crippen LogP contribution in [-0.2, 0) is 4.87 Å². The number of alkyl halides is 1. The Hall–Kier alpha value is -1.35. The topological polar surface area (TPSA) is 30.7 Å². The van der Waals surface area contributed by atoms with E-state index in [0.29, 0.717) is 0 Å². The maximum Gasteiger partial charge on any atom is 0.137 e. The lowest BCUT2D eigenvalue weighted by atomic mass is 9.86. The first-order chi connectivity index (χ1) is 9.31. The van der Waals surface area contributed by atoms with Crippen LogP contribution in [0.1, 0.15) is 43.7 Å². The summed E-state index contributed by atoms with van der Waals surface area (Å²) in [5.74, 6) is 0. The molecule has 2 aromatic rings. The number of benzene rings is 1. The molecule has 1 aliphatic rings. The second kappa shape index (κ2) is 5.33. The summed E-state index contributed by atoms with van der Waals surface area (Å²) in [6.07, 6.45) is 9.04. The van der Waals surface area contributed by atoms with Crippen LogP contribution in [-0.4, -0.2) is 14.8 Å². The highest BCUT2D eigenvalue weighted by Crippen LogP contribution is 2.48. The molecular formula is C15H18ClN3. The van der Waals surface area contributed by atoms with Gasteiger partial charge in [-0.25, -0.2) is 9.67 Å². The largest absolute Gasteiger partial charge is 0.248 e. The summed E-state index contributed by atoms with van der Waals surface area (Å²) in [5, 5.41) is 4.32. The highest BCUT2D eigenvalue weighted by atomic mass is 35.5. The molecule has 0 radical (unpaired) electrons. The van der Waals surface area contributed by atoms with Crippen molar-refractivity contribution in [3.05, 3.63) is 48.5 Å². The summed E-state index contributed by atoms with van der Waals surface area (Å²) in [4.78, 5) is 3.71. The maximum atomic E-state index is 7.07. The zero-order valence-electron chi connectivity index (χ0n) is 10.9. The fourth-order valence-electron chi connectivity index (χ4n) is 3.06. The summed E-state index contributed by atoms with van der Waals surface area (Å²) < 4.78 is 1.94. The zero-order chi connectivity index (χ0) is 13.1. The van der Waals surface area contributed by atoms with Crippen molar-refractivity contribution in [3.63, 3.8) is 0 Å². The molecule has 0 bridgehead atoms. The second-order valence-electron chi connectivity index (χ2n) is 5.22. The van der Waals surface area contributed by atoms with Crippen LogP contribution in [0.3, 0.4) is 0 Å². The van der Waals surface area contributed by atoms with Gasteiger partial charge in [-0.15, -0.1) is 11.6 Å². The van der Waals surface area contributed by atoms with Crippen molar-refractivity contribution in [2.24, 2.45) is 0 Å². The number of nitrogens with zero attached hydrogens (tertiary/aromatic N) is 3. The molecule has 1 aromatic carbocycles. The van der Waals surface area contributed by atoms with Crippen LogP contribution in [0.15, 0.2) is 43.0 Å². The molecule has 0 spiro atoms. The molecule has 0 N–H and O–H groups in total. The fourth-order valence-corrected chi connectivity index (χ4v) is 3.53. The Kier molecular flexibility index (Phi) is 3.56. The molecule has 1 saturated carbocycles. The SMILES string of the molecule is ClC1(c2ccccc2)CCCCCC1n1cncn1. The third-order valence-electron chi connectivity index (χ3n) is 4.06.